The molecule has 0 aliphatic carbocycles. The maximum absolute atomic E-state index is 14.0. The van der Waals surface area contributed by atoms with Crippen LogP contribution in [-0.2, 0) is 6.42 Å². The first-order chi connectivity index (χ1) is 9.51. The van der Waals surface area contributed by atoms with Crippen LogP contribution in [-0.4, -0.2) is 0 Å². The molecule has 0 aliphatic heterocycles. The predicted octanol–water partition coefficient (Wildman–Crippen LogP) is 3.84. The lowest BCUT2D eigenvalue weighted by Crippen LogP contribution is -2.30. The maximum Gasteiger partial charge on any atom is 0.128 e. The molecule has 0 aliphatic rings. The van der Waals surface area contributed by atoms with Crippen LogP contribution in [0.5, 0.6) is 0 Å². The van der Waals surface area contributed by atoms with Gasteiger partial charge in [0.1, 0.15) is 5.82 Å². The monoisotopic (exact) mass is 292 g/mol. The minimum absolute atomic E-state index is 0.254. The smallest absolute Gasteiger partial charge is 0.128 e. The van der Waals surface area contributed by atoms with Gasteiger partial charge in [-0.25, -0.2) is 4.39 Å². The Labute approximate surface area is 123 Å². The van der Waals surface area contributed by atoms with Crippen LogP contribution in [0.25, 0.3) is 0 Å². The van der Waals surface area contributed by atoms with E-state index >= 15 is 0 Å². The molecule has 0 fully saturated rings. The molecule has 3 N–H and O–H groups in total. The fourth-order valence-electron chi connectivity index (χ4n) is 2.21. The van der Waals surface area contributed by atoms with Gasteiger partial charge in [0.2, 0.25) is 0 Å². The second-order valence-corrected chi connectivity index (χ2v) is 5.45. The minimum Gasteiger partial charge on any atom is -0.271 e. The molecule has 0 radical (unpaired) electrons. The summed E-state index contributed by atoms with van der Waals surface area (Å²) in [5, 5.41) is 0.678. The molecule has 2 aromatic carbocycles. The first-order valence-electron chi connectivity index (χ1n) is 6.48. The summed E-state index contributed by atoms with van der Waals surface area (Å²) >= 11 is 6.22. The highest BCUT2D eigenvalue weighted by atomic mass is 35.5. The average molecular weight is 293 g/mol. The Bertz CT molecular complexity index is 613. The van der Waals surface area contributed by atoms with Gasteiger partial charge in [-0.3, -0.25) is 11.3 Å². The number of rotatable bonds is 4. The number of benzene rings is 2. The van der Waals surface area contributed by atoms with E-state index < -0.39 is 0 Å². The van der Waals surface area contributed by atoms with E-state index in [1.807, 2.05) is 38.1 Å². The predicted molar refractivity (Wildman–Crippen MR) is 81.1 cm³/mol. The molecule has 2 aromatic rings. The molecule has 0 bridgehead atoms. The summed E-state index contributed by atoms with van der Waals surface area (Å²) in [7, 11) is 0. The lowest BCUT2D eigenvalue weighted by atomic mass is 9.97. The molecule has 2 rings (SSSR count). The third-order valence-electron chi connectivity index (χ3n) is 3.37. The van der Waals surface area contributed by atoms with E-state index in [9.17, 15) is 4.39 Å². The molecular formula is C16H18ClFN2. The van der Waals surface area contributed by atoms with Gasteiger partial charge >= 0.3 is 0 Å². The SMILES string of the molecule is Cc1ccc(C(Cc2ccc(C)cc2Cl)NN)c(F)c1. The van der Waals surface area contributed by atoms with Crippen molar-refractivity contribution in [3.05, 3.63) is 69.5 Å². The van der Waals surface area contributed by atoms with Crippen LogP contribution in [0.15, 0.2) is 36.4 Å². The van der Waals surface area contributed by atoms with Gasteiger partial charge in [0.25, 0.3) is 0 Å². The molecule has 20 heavy (non-hydrogen) atoms. The van der Waals surface area contributed by atoms with Gasteiger partial charge in [0.05, 0.1) is 6.04 Å². The van der Waals surface area contributed by atoms with Crippen molar-refractivity contribution in [2.24, 2.45) is 5.84 Å². The quantitative estimate of drug-likeness (QED) is 0.664. The molecular weight excluding hydrogens is 275 g/mol. The van der Waals surface area contributed by atoms with Gasteiger partial charge < -0.3 is 0 Å². The maximum atomic E-state index is 14.0. The standard InChI is InChI=1S/C16H18ClFN2/c1-10-3-5-12(14(17)7-10)9-16(20-19)13-6-4-11(2)8-15(13)18/h3-8,16,20H,9,19H2,1-2H3. The van der Waals surface area contributed by atoms with E-state index in [2.05, 4.69) is 5.43 Å². The Hall–Kier alpha value is -1.42. The summed E-state index contributed by atoms with van der Waals surface area (Å²) < 4.78 is 14.0. The van der Waals surface area contributed by atoms with Crippen molar-refractivity contribution < 1.29 is 4.39 Å². The fourth-order valence-corrected chi connectivity index (χ4v) is 2.52. The summed E-state index contributed by atoms with van der Waals surface area (Å²) in [5.41, 5.74) is 6.15. The Kier molecular flexibility index (Phi) is 4.76. The molecule has 1 atom stereocenters. The van der Waals surface area contributed by atoms with Crippen LogP contribution < -0.4 is 11.3 Å². The zero-order chi connectivity index (χ0) is 14.7. The summed E-state index contributed by atoms with van der Waals surface area (Å²) in [6, 6.07) is 10.7. The van der Waals surface area contributed by atoms with Gasteiger partial charge in [-0.15, -0.1) is 0 Å². The van der Waals surface area contributed by atoms with Crippen molar-refractivity contribution in [2.75, 3.05) is 0 Å². The van der Waals surface area contributed by atoms with Crippen LogP contribution in [0, 0.1) is 19.7 Å². The Balaban J connectivity index is 2.28. The number of halogens is 2. The van der Waals surface area contributed by atoms with E-state index in [4.69, 9.17) is 17.4 Å². The van der Waals surface area contributed by atoms with Gasteiger partial charge in [-0.05, 0) is 49.1 Å². The number of nitrogens with one attached hydrogen (secondary N) is 1. The average Bonchev–Trinajstić information content (AvgIpc) is 2.39. The molecule has 2 nitrogen and oxygen atoms in total. The largest absolute Gasteiger partial charge is 0.271 e. The van der Waals surface area contributed by atoms with E-state index in [1.54, 1.807) is 6.07 Å². The fraction of sp³-hybridized carbons (Fsp3) is 0.250. The lowest BCUT2D eigenvalue weighted by Gasteiger charge is -2.18. The first kappa shape index (κ1) is 15.0. The molecule has 106 valence electrons. The molecule has 0 heterocycles. The Morgan fingerprint density at radius 2 is 1.80 bits per heavy atom. The van der Waals surface area contributed by atoms with Gasteiger partial charge in [0.15, 0.2) is 0 Å². The molecule has 0 amide bonds. The lowest BCUT2D eigenvalue weighted by molar-refractivity contribution is 0.510. The molecule has 1 unspecified atom stereocenters. The Morgan fingerprint density at radius 1 is 1.15 bits per heavy atom. The zero-order valence-electron chi connectivity index (χ0n) is 11.6. The highest BCUT2D eigenvalue weighted by Crippen LogP contribution is 2.26. The highest BCUT2D eigenvalue weighted by Gasteiger charge is 2.16. The Morgan fingerprint density at radius 3 is 2.40 bits per heavy atom. The summed E-state index contributed by atoms with van der Waals surface area (Å²) in [5.74, 6) is 5.33. The number of hydrogen-bond donors (Lipinski definition) is 2. The molecule has 0 aromatic heterocycles. The third kappa shape index (κ3) is 3.37. The van der Waals surface area contributed by atoms with Crippen molar-refractivity contribution in [3.8, 4) is 0 Å². The zero-order valence-corrected chi connectivity index (χ0v) is 12.3. The summed E-state index contributed by atoms with van der Waals surface area (Å²) in [6.45, 7) is 3.84. The van der Waals surface area contributed by atoms with Gasteiger partial charge in [-0.2, -0.15) is 0 Å². The molecule has 4 heteroatoms. The van der Waals surface area contributed by atoms with Gasteiger partial charge in [-0.1, -0.05) is 35.9 Å². The topological polar surface area (TPSA) is 38.0 Å². The number of aryl methyl sites for hydroxylation is 2. The van der Waals surface area contributed by atoms with E-state index in [1.165, 1.54) is 6.07 Å². The normalized spacial score (nSPS) is 12.4. The number of hydrogen-bond acceptors (Lipinski definition) is 2. The number of nitrogens with two attached hydrogens (primary N) is 1. The molecule has 0 spiro atoms. The first-order valence-corrected chi connectivity index (χ1v) is 6.86. The van der Waals surface area contributed by atoms with Gasteiger partial charge in [0, 0.05) is 10.6 Å². The molecule has 0 saturated carbocycles. The van der Waals surface area contributed by atoms with Crippen molar-refractivity contribution in [1.82, 2.24) is 5.43 Å². The van der Waals surface area contributed by atoms with Crippen LogP contribution in [0.2, 0.25) is 5.02 Å². The van der Waals surface area contributed by atoms with Crippen LogP contribution in [0.3, 0.4) is 0 Å². The van der Waals surface area contributed by atoms with E-state index in [0.29, 0.717) is 17.0 Å². The van der Waals surface area contributed by atoms with Crippen molar-refractivity contribution in [1.29, 1.82) is 0 Å². The van der Waals surface area contributed by atoms with Crippen molar-refractivity contribution in [2.45, 2.75) is 26.3 Å². The van der Waals surface area contributed by atoms with Crippen molar-refractivity contribution >= 4 is 11.6 Å². The third-order valence-corrected chi connectivity index (χ3v) is 3.72. The second-order valence-electron chi connectivity index (χ2n) is 5.04. The summed E-state index contributed by atoms with van der Waals surface area (Å²) in [4.78, 5) is 0. The molecule has 0 saturated heterocycles. The van der Waals surface area contributed by atoms with Crippen molar-refractivity contribution in [3.63, 3.8) is 0 Å². The second kappa shape index (κ2) is 6.35. The van der Waals surface area contributed by atoms with E-state index in [-0.39, 0.29) is 11.9 Å². The number of hydrazine groups is 1. The van der Waals surface area contributed by atoms with Crippen LogP contribution in [0.4, 0.5) is 4.39 Å². The van der Waals surface area contributed by atoms with E-state index in [0.717, 1.165) is 16.7 Å². The summed E-state index contributed by atoms with van der Waals surface area (Å²) in [6.07, 6.45) is 0.537. The van der Waals surface area contributed by atoms with Crippen LogP contribution >= 0.6 is 11.6 Å². The van der Waals surface area contributed by atoms with Crippen LogP contribution in [0.1, 0.15) is 28.3 Å². The highest BCUT2D eigenvalue weighted by molar-refractivity contribution is 6.31. The minimum atomic E-state index is -0.309.